The van der Waals surface area contributed by atoms with Gasteiger partial charge in [-0.1, -0.05) is 12.0 Å². The van der Waals surface area contributed by atoms with Gasteiger partial charge in [0.05, 0.1) is 17.2 Å². The summed E-state index contributed by atoms with van der Waals surface area (Å²) in [5, 5.41) is 22.0. The van der Waals surface area contributed by atoms with Crippen molar-refractivity contribution in [2.75, 3.05) is 11.9 Å². The molecule has 9 heteroatoms. The summed E-state index contributed by atoms with van der Waals surface area (Å²) < 4.78 is 22.9. The molecule has 2 aromatic rings. The van der Waals surface area contributed by atoms with Crippen molar-refractivity contribution in [1.29, 1.82) is 5.26 Å². The lowest BCUT2D eigenvalue weighted by atomic mass is 9.98. The standard InChI is InChI=1S/C20H20N4O4S/c1-5-16(25)20(3)11-28-18-15(29(27)23-20)10-24(4)17(18)19(26)22-14-7-6-12(2)13(8-14)9-21/h1,6-8,10,16,23,25H,11H2,2-4H3,(H,22,26). The van der Waals surface area contributed by atoms with Crippen LogP contribution in [0.4, 0.5) is 5.69 Å². The number of nitrogens with zero attached hydrogens (tertiary/aromatic N) is 2. The molecule has 3 rings (SSSR count). The fraction of sp³-hybridized carbons (Fsp3) is 0.300. The summed E-state index contributed by atoms with van der Waals surface area (Å²) in [7, 11) is -0.125. The Morgan fingerprint density at radius 3 is 2.93 bits per heavy atom. The first-order chi connectivity index (χ1) is 13.7. The minimum atomic E-state index is -1.76. The van der Waals surface area contributed by atoms with E-state index in [1.807, 2.05) is 0 Å². The zero-order valence-electron chi connectivity index (χ0n) is 16.1. The Bertz CT molecular complexity index is 1100. The van der Waals surface area contributed by atoms with Gasteiger partial charge in [-0.3, -0.25) is 4.79 Å². The van der Waals surface area contributed by atoms with Crippen LogP contribution in [0.2, 0.25) is 0 Å². The van der Waals surface area contributed by atoms with Crippen molar-refractivity contribution in [3.8, 4) is 24.2 Å². The molecule has 8 nitrogen and oxygen atoms in total. The lowest BCUT2D eigenvalue weighted by Gasteiger charge is -2.29. The SMILES string of the molecule is C#CC(O)C1(C)COc2c(cn(C)c2C(=O)Nc2ccc(C)c(C#N)c2)S(=O)N1. The maximum atomic E-state index is 12.9. The van der Waals surface area contributed by atoms with Crippen LogP contribution >= 0.6 is 0 Å². The zero-order chi connectivity index (χ0) is 21.3. The number of aromatic nitrogens is 1. The molecule has 0 saturated heterocycles. The predicted molar refractivity (Wildman–Crippen MR) is 108 cm³/mol. The fourth-order valence-electron chi connectivity index (χ4n) is 2.96. The van der Waals surface area contributed by atoms with Crippen LogP contribution in [0.5, 0.6) is 5.75 Å². The van der Waals surface area contributed by atoms with Crippen LogP contribution in [-0.4, -0.2) is 38.0 Å². The smallest absolute Gasteiger partial charge is 0.276 e. The van der Waals surface area contributed by atoms with Crippen molar-refractivity contribution in [2.24, 2.45) is 7.05 Å². The van der Waals surface area contributed by atoms with Crippen molar-refractivity contribution >= 4 is 22.6 Å². The average molecular weight is 412 g/mol. The topological polar surface area (TPSA) is 116 Å². The van der Waals surface area contributed by atoms with Gasteiger partial charge in [0.15, 0.2) is 11.4 Å². The van der Waals surface area contributed by atoms with Gasteiger partial charge in [0.1, 0.15) is 28.6 Å². The number of amides is 1. The highest BCUT2D eigenvalue weighted by Crippen LogP contribution is 2.33. The maximum Gasteiger partial charge on any atom is 0.276 e. The third-order valence-electron chi connectivity index (χ3n) is 4.74. The Morgan fingerprint density at radius 1 is 1.55 bits per heavy atom. The van der Waals surface area contributed by atoms with Gasteiger partial charge >= 0.3 is 0 Å². The minimum absolute atomic E-state index is 0.0927. The van der Waals surface area contributed by atoms with E-state index in [1.165, 1.54) is 10.8 Å². The molecule has 1 aliphatic heterocycles. The molecule has 1 aromatic carbocycles. The molecule has 1 amide bonds. The quantitative estimate of drug-likeness (QED) is 0.656. The number of terminal acetylenes is 1. The molecule has 3 unspecified atom stereocenters. The highest BCUT2D eigenvalue weighted by atomic mass is 32.2. The van der Waals surface area contributed by atoms with Crippen LogP contribution in [0, 0.1) is 30.6 Å². The van der Waals surface area contributed by atoms with Crippen molar-refractivity contribution in [2.45, 2.75) is 30.4 Å². The number of carbonyl (C=O) groups is 1. The first kappa shape index (κ1) is 20.6. The lowest BCUT2D eigenvalue weighted by molar-refractivity contribution is 0.0904. The molecule has 0 spiro atoms. The van der Waals surface area contributed by atoms with Gasteiger partial charge < -0.3 is 19.7 Å². The average Bonchev–Trinajstić information content (AvgIpc) is 2.97. The number of rotatable bonds is 3. The van der Waals surface area contributed by atoms with Gasteiger partial charge in [0.2, 0.25) is 0 Å². The summed E-state index contributed by atoms with van der Waals surface area (Å²) in [6.07, 6.45) is 5.59. The summed E-state index contributed by atoms with van der Waals surface area (Å²) in [4.78, 5) is 13.2. The summed E-state index contributed by atoms with van der Waals surface area (Å²) in [6, 6.07) is 7.08. The molecule has 1 aliphatic rings. The zero-order valence-corrected chi connectivity index (χ0v) is 17.0. The molecule has 3 N–H and O–H groups in total. The minimum Gasteiger partial charge on any atom is -0.488 e. The van der Waals surface area contributed by atoms with E-state index < -0.39 is 28.5 Å². The van der Waals surface area contributed by atoms with Crippen LogP contribution in [-0.2, 0) is 18.0 Å². The molecular weight excluding hydrogens is 392 g/mol. The molecule has 1 aromatic heterocycles. The number of anilines is 1. The number of carbonyl (C=O) groups excluding carboxylic acids is 1. The number of benzene rings is 1. The number of hydrogen-bond donors (Lipinski definition) is 3. The van der Waals surface area contributed by atoms with Crippen LogP contribution < -0.4 is 14.8 Å². The van der Waals surface area contributed by atoms with Crippen LogP contribution in [0.25, 0.3) is 0 Å². The Hall–Kier alpha value is -3.11. The summed E-state index contributed by atoms with van der Waals surface area (Å²) >= 11 is 0. The van der Waals surface area contributed by atoms with Gasteiger partial charge in [-0.25, -0.2) is 8.93 Å². The Kier molecular flexibility index (Phi) is 5.49. The first-order valence-electron chi connectivity index (χ1n) is 8.68. The van der Waals surface area contributed by atoms with Crippen LogP contribution in [0.1, 0.15) is 28.5 Å². The molecule has 150 valence electrons. The molecular formula is C20H20N4O4S. The largest absolute Gasteiger partial charge is 0.488 e. The van der Waals surface area contributed by atoms with Crippen molar-refractivity contribution < 1.29 is 18.8 Å². The van der Waals surface area contributed by atoms with Gasteiger partial charge in [-0.05, 0) is 31.5 Å². The number of hydrogen-bond acceptors (Lipinski definition) is 5. The van der Waals surface area contributed by atoms with E-state index in [0.717, 1.165) is 5.56 Å². The van der Waals surface area contributed by atoms with E-state index in [1.54, 1.807) is 39.1 Å². The van der Waals surface area contributed by atoms with Crippen LogP contribution in [0.15, 0.2) is 29.3 Å². The van der Waals surface area contributed by atoms with E-state index in [0.29, 0.717) is 11.3 Å². The van der Waals surface area contributed by atoms with E-state index in [-0.39, 0.29) is 22.9 Å². The number of aliphatic hydroxyl groups excluding tert-OH is 1. The Morgan fingerprint density at radius 2 is 2.28 bits per heavy atom. The van der Waals surface area contributed by atoms with Crippen molar-refractivity contribution in [3.05, 3.63) is 41.2 Å². The molecule has 29 heavy (non-hydrogen) atoms. The lowest BCUT2D eigenvalue weighted by Crippen LogP contribution is -2.55. The predicted octanol–water partition coefficient (Wildman–Crippen LogP) is 1.21. The van der Waals surface area contributed by atoms with Gasteiger partial charge in [-0.2, -0.15) is 5.26 Å². The van der Waals surface area contributed by atoms with E-state index in [4.69, 9.17) is 11.2 Å². The van der Waals surface area contributed by atoms with Crippen molar-refractivity contribution in [1.82, 2.24) is 9.29 Å². The number of aliphatic hydroxyl groups is 1. The third kappa shape index (κ3) is 3.76. The Labute approximate surface area is 171 Å². The molecule has 0 saturated carbocycles. The molecule has 0 radical (unpaired) electrons. The summed E-state index contributed by atoms with van der Waals surface area (Å²) in [6.45, 7) is 3.31. The highest BCUT2D eigenvalue weighted by molar-refractivity contribution is 7.83. The van der Waals surface area contributed by atoms with Gasteiger partial charge in [0.25, 0.3) is 5.91 Å². The van der Waals surface area contributed by atoms with Gasteiger partial charge in [0, 0.05) is 18.9 Å². The number of ether oxygens (including phenoxy) is 1. The van der Waals surface area contributed by atoms with E-state index in [2.05, 4.69) is 22.0 Å². The maximum absolute atomic E-state index is 12.9. The molecule has 0 fully saturated rings. The fourth-order valence-corrected chi connectivity index (χ4v) is 4.24. The number of fused-ring (bicyclic) bond motifs is 1. The summed E-state index contributed by atoms with van der Waals surface area (Å²) in [5.41, 5.74) is 0.709. The number of aryl methyl sites for hydroxylation is 2. The number of nitriles is 1. The second-order valence-corrected chi connectivity index (χ2v) is 8.21. The Balaban J connectivity index is 1.94. The van der Waals surface area contributed by atoms with E-state index in [9.17, 15) is 19.4 Å². The third-order valence-corrected chi connectivity index (χ3v) is 6.08. The van der Waals surface area contributed by atoms with E-state index >= 15 is 0 Å². The molecule has 0 bridgehead atoms. The second kappa shape index (κ2) is 7.72. The highest BCUT2D eigenvalue weighted by Gasteiger charge is 2.40. The van der Waals surface area contributed by atoms with Crippen molar-refractivity contribution in [3.63, 3.8) is 0 Å². The monoisotopic (exact) mass is 412 g/mol. The first-order valence-corrected chi connectivity index (χ1v) is 9.83. The number of nitrogens with one attached hydrogen (secondary N) is 2. The molecule has 2 heterocycles. The molecule has 0 aliphatic carbocycles. The van der Waals surface area contributed by atoms with Crippen LogP contribution in [0.3, 0.4) is 0 Å². The second-order valence-electron chi connectivity index (χ2n) is 7.02. The van der Waals surface area contributed by atoms with Gasteiger partial charge in [-0.15, -0.1) is 6.42 Å². The molecule has 3 atom stereocenters. The summed E-state index contributed by atoms with van der Waals surface area (Å²) in [5.74, 6) is 1.87. The normalized spacial score (nSPS) is 21.7.